The summed E-state index contributed by atoms with van der Waals surface area (Å²) in [7, 11) is 0. The summed E-state index contributed by atoms with van der Waals surface area (Å²) in [6, 6.07) is 3.10. The Labute approximate surface area is 133 Å². The van der Waals surface area contributed by atoms with Crippen LogP contribution in [-0.2, 0) is 17.9 Å². The fourth-order valence-electron chi connectivity index (χ4n) is 2.50. The van der Waals surface area contributed by atoms with E-state index in [1.165, 1.54) is 6.20 Å². The number of anilines is 1. The largest absolute Gasteiger partial charge is 0.313 e. The van der Waals surface area contributed by atoms with Gasteiger partial charge >= 0.3 is 0 Å². The summed E-state index contributed by atoms with van der Waals surface area (Å²) in [5.74, 6) is 2.21. The summed E-state index contributed by atoms with van der Waals surface area (Å²) in [6.45, 7) is 6.02. The molecule has 22 heavy (non-hydrogen) atoms. The van der Waals surface area contributed by atoms with Crippen molar-refractivity contribution in [3.05, 3.63) is 35.0 Å². The highest BCUT2D eigenvalue weighted by molar-refractivity contribution is 6.30. The van der Waals surface area contributed by atoms with Crippen LogP contribution in [0.2, 0.25) is 5.02 Å². The third-order valence-corrected chi connectivity index (χ3v) is 4.10. The quantitative estimate of drug-likeness (QED) is 0.927. The number of hydrogen-bond donors (Lipinski definition) is 1. The smallest absolute Gasteiger partial charge is 0.242 e. The molecular weight excluding hydrogens is 304 g/mol. The van der Waals surface area contributed by atoms with Gasteiger partial charge in [0.2, 0.25) is 5.91 Å². The van der Waals surface area contributed by atoms with Gasteiger partial charge in [0.05, 0.1) is 17.6 Å². The second-order valence-electron chi connectivity index (χ2n) is 5.31. The zero-order valence-corrected chi connectivity index (χ0v) is 13.2. The van der Waals surface area contributed by atoms with Crippen molar-refractivity contribution in [1.29, 1.82) is 0 Å². The van der Waals surface area contributed by atoms with E-state index in [0.717, 1.165) is 24.7 Å². The van der Waals surface area contributed by atoms with Crippen molar-refractivity contribution in [3.63, 3.8) is 0 Å². The molecule has 116 valence electrons. The summed E-state index contributed by atoms with van der Waals surface area (Å²) >= 11 is 5.78. The minimum Gasteiger partial charge on any atom is -0.313 e. The number of aryl methyl sites for hydroxylation is 1. The molecule has 1 atom stereocenters. The van der Waals surface area contributed by atoms with Gasteiger partial charge in [-0.25, -0.2) is 4.98 Å². The Balaban J connectivity index is 1.65. The Morgan fingerprint density at radius 3 is 2.91 bits per heavy atom. The van der Waals surface area contributed by atoms with Gasteiger partial charge in [0.15, 0.2) is 0 Å². The van der Waals surface area contributed by atoms with Crippen LogP contribution in [0.3, 0.4) is 0 Å². The monoisotopic (exact) mass is 320 g/mol. The van der Waals surface area contributed by atoms with Gasteiger partial charge in [-0.2, -0.15) is 0 Å². The first-order valence-corrected chi connectivity index (χ1v) is 7.47. The lowest BCUT2D eigenvalue weighted by molar-refractivity contribution is -0.121. The fraction of sp³-hybridized carbons (Fsp3) is 0.429. The van der Waals surface area contributed by atoms with Crippen LogP contribution in [0.15, 0.2) is 18.3 Å². The summed E-state index contributed by atoms with van der Waals surface area (Å²) in [6.07, 6.45) is 1.51. The molecule has 2 aromatic rings. The zero-order chi connectivity index (χ0) is 15.7. The van der Waals surface area contributed by atoms with Gasteiger partial charge < -0.3 is 9.88 Å². The van der Waals surface area contributed by atoms with Gasteiger partial charge in [-0.05, 0) is 26.0 Å². The van der Waals surface area contributed by atoms with Crippen molar-refractivity contribution in [2.24, 2.45) is 0 Å². The predicted molar refractivity (Wildman–Crippen MR) is 82.5 cm³/mol. The highest BCUT2D eigenvalue weighted by atomic mass is 35.5. The van der Waals surface area contributed by atoms with Gasteiger partial charge in [0.25, 0.3) is 0 Å². The number of rotatable bonds is 3. The van der Waals surface area contributed by atoms with Crippen LogP contribution in [0.5, 0.6) is 0 Å². The first kappa shape index (κ1) is 14.9. The van der Waals surface area contributed by atoms with Gasteiger partial charge in [0.1, 0.15) is 17.5 Å². The first-order chi connectivity index (χ1) is 10.5. The fourth-order valence-corrected chi connectivity index (χ4v) is 2.61. The van der Waals surface area contributed by atoms with E-state index >= 15 is 0 Å². The standard InChI is InChI=1S/C14H17ClN6O/c1-9(14(22)17-12-4-3-11(15)7-16-12)20-5-6-21-10(2)18-19-13(21)8-20/h3-4,7,9H,5-6,8H2,1-2H3,(H,16,17,22)/t9-/m0/s1. The number of fused-ring (bicyclic) bond motifs is 1. The molecule has 1 N–H and O–H groups in total. The van der Waals surface area contributed by atoms with Crippen molar-refractivity contribution < 1.29 is 4.79 Å². The maximum atomic E-state index is 12.3. The van der Waals surface area contributed by atoms with Crippen LogP contribution in [0.4, 0.5) is 5.82 Å². The highest BCUT2D eigenvalue weighted by Gasteiger charge is 2.27. The molecule has 0 fully saturated rings. The van der Waals surface area contributed by atoms with Crippen LogP contribution >= 0.6 is 11.6 Å². The zero-order valence-electron chi connectivity index (χ0n) is 12.5. The average molecular weight is 321 g/mol. The first-order valence-electron chi connectivity index (χ1n) is 7.10. The molecule has 8 heteroatoms. The van der Waals surface area contributed by atoms with Gasteiger partial charge in [-0.3, -0.25) is 9.69 Å². The molecule has 0 aromatic carbocycles. The Hall–Kier alpha value is -1.99. The lowest BCUT2D eigenvalue weighted by Crippen LogP contribution is -2.46. The highest BCUT2D eigenvalue weighted by Crippen LogP contribution is 2.16. The minimum atomic E-state index is -0.275. The number of pyridine rings is 1. The summed E-state index contributed by atoms with van der Waals surface area (Å²) < 4.78 is 2.09. The molecule has 0 aliphatic carbocycles. The Morgan fingerprint density at radius 1 is 1.36 bits per heavy atom. The number of hydrogen-bond acceptors (Lipinski definition) is 5. The molecule has 1 aliphatic heterocycles. The van der Waals surface area contributed by atoms with Crippen LogP contribution in [0.1, 0.15) is 18.6 Å². The molecule has 1 aliphatic rings. The molecule has 0 saturated carbocycles. The molecule has 1 amide bonds. The Morgan fingerprint density at radius 2 is 2.18 bits per heavy atom. The number of carbonyl (C=O) groups excluding carboxylic acids is 1. The molecule has 0 spiro atoms. The van der Waals surface area contributed by atoms with E-state index in [1.807, 2.05) is 13.8 Å². The SMILES string of the molecule is Cc1nnc2n1CCN([C@@H](C)C(=O)Nc1ccc(Cl)cn1)C2. The normalized spacial score (nSPS) is 16.1. The molecule has 7 nitrogen and oxygen atoms in total. The van der Waals surface area contributed by atoms with E-state index < -0.39 is 0 Å². The van der Waals surface area contributed by atoms with E-state index in [2.05, 4.69) is 30.0 Å². The van der Waals surface area contributed by atoms with E-state index in [9.17, 15) is 4.79 Å². The van der Waals surface area contributed by atoms with Crippen molar-refractivity contribution in [2.75, 3.05) is 11.9 Å². The molecule has 3 rings (SSSR count). The molecular formula is C14H17ClN6O. The summed E-state index contributed by atoms with van der Waals surface area (Å²) in [5, 5.41) is 11.6. The molecule has 0 bridgehead atoms. The third kappa shape index (κ3) is 2.95. The van der Waals surface area contributed by atoms with Gasteiger partial charge in [-0.1, -0.05) is 11.6 Å². The number of nitrogens with one attached hydrogen (secondary N) is 1. The van der Waals surface area contributed by atoms with Crippen LogP contribution < -0.4 is 5.32 Å². The summed E-state index contributed by atoms with van der Waals surface area (Å²) in [4.78, 5) is 18.5. The van der Waals surface area contributed by atoms with Gasteiger partial charge in [-0.15, -0.1) is 10.2 Å². The number of nitrogens with zero attached hydrogens (tertiary/aromatic N) is 5. The number of halogens is 1. The maximum Gasteiger partial charge on any atom is 0.242 e. The maximum absolute atomic E-state index is 12.3. The number of aromatic nitrogens is 4. The predicted octanol–water partition coefficient (Wildman–Crippen LogP) is 1.48. The second kappa shape index (κ2) is 6.02. The third-order valence-electron chi connectivity index (χ3n) is 3.87. The Bertz CT molecular complexity index is 683. The van der Waals surface area contributed by atoms with E-state index in [0.29, 0.717) is 17.4 Å². The topological polar surface area (TPSA) is 75.9 Å². The molecule has 0 saturated heterocycles. The lowest BCUT2D eigenvalue weighted by Gasteiger charge is -2.31. The average Bonchev–Trinajstić information content (AvgIpc) is 2.89. The van der Waals surface area contributed by atoms with Crippen LogP contribution in [0, 0.1) is 6.92 Å². The summed E-state index contributed by atoms with van der Waals surface area (Å²) in [5.41, 5.74) is 0. The lowest BCUT2D eigenvalue weighted by atomic mass is 10.2. The molecule has 3 heterocycles. The van der Waals surface area contributed by atoms with Gasteiger partial charge in [0, 0.05) is 19.3 Å². The minimum absolute atomic E-state index is 0.0977. The number of carbonyl (C=O) groups is 1. The molecule has 2 aromatic heterocycles. The van der Waals surface area contributed by atoms with Crippen LogP contribution in [-0.4, -0.2) is 43.1 Å². The van der Waals surface area contributed by atoms with Crippen molar-refractivity contribution >= 4 is 23.3 Å². The Kier molecular flexibility index (Phi) is 4.08. The van der Waals surface area contributed by atoms with Crippen molar-refractivity contribution in [3.8, 4) is 0 Å². The molecule has 0 unspecified atom stereocenters. The van der Waals surface area contributed by atoms with Crippen molar-refractivity contribution in [1.82, 2.24) is 24.6 Å². The number of amides is 1. The van der Waals surface area contributed by atoms with E-state index in [4.69, 9.17) is 11.6 Å². The van der Waals surface area contributed by atoms with Crippen LogP contribution in [0.25, 0.3) is 0 Å². The second-order valence-corrected chi connectivity index (χ2v) is 5.75. The van der Waals surface area contributed by atoms with E-state index in [1.54, 1.807) is 12.1 Å². The van der Waals surface area contributed by atoms with E-state index in [-0.39, 0.29) is 11.9 Å². The molecule has 0 radical (unpaired) electrons. The van der Waals surface area contributed by atoms with Crippen molar-refractivity contribution in [2.45, 2.75) is 33.0 Å².